The number of sulfonamides is 1. The lowest BCUT2D eigenvalue weighted by atomic mass is 10.1. The highest BCUT2D eigenvalue weighted by Crippen LogP contribution is 2.24. The summed E-state index contributed by atoms with van der Waals surface area (Å²) in [4.78, 5) is 0.0319. The quantitative estimate of drug-likeness (QED) is 0.906. The maximum atomic E-state index is 13.4. The average molecular weight is 330 g/mol. The molecule has 0 saturated carbocycles. The minimum absolute atomic E-state index is 0.0319. The van der Waals surface area contributed by atoms with Crippen LogP contribution in [0.15, 0.2) is 41.3 Å². The first-order valence-corrected chi connectivity index (χ1v) is 7.88. The predicted octanol–water partition coefficient (Wildman–Crippen LogP) is 3.08. The van der Waals surface area contributed by atoms with Gasteiger partial charge in [0.1, 0.15) is 5.82 Å². The normalized spacial score (nSPS) is 11.4. The molecule has 4 nitrogen and oxygen atoms in total. The van der Waals surface area contributed by atoms with E-state index in [9.17, 15) is 17.9 Å². The second kappa shape index (κ2) is 6.01. The predicted molar refractivity (Wildman–Crippen MR) is 79.3 cm³/mol. The highest BCUT2D eigenvalue weighted by molar-refractivity contribution is 7.92. The first kappa shape index (κ1) is 15.8. The summed E-state index contributed by atoms with van der Waals surface area (Å²) < 4.78 is 40.3. The number of aliphatic hydroxyl groups is 1. The van der Waals surface area contributed by atoms with Gasteiger partial charge in [-0.15, -0.1) is 0 Å². The van der Waals surface area contributed by atoms with Gasteiger partial charge in [-0.2, -0.15) is 0 Å². The summed E-state index contributed by atoms with van der Waals surface area (Å²) in [7, 11) is -3.88. The van der Waals surface area contributed by atoms with Gasteiger partial charge in [-0.1, -0.05) is 23.7 Å². The van der Waals surface area contributed by atoms with Crippen molar-refractivity contribution < 1.29 is 17.9 Å². The van der Waals surface area contributed by atoms with E-state index in [1.54, 1.807) is 13.0 Å². The molecule has 0 fully saturated rings. The fraction of sp³-hybridized carbons (Fsp3) is 0.143. The molecule has 0 bridgehead atoms. The Kier molecular flexibility index (Phi) is 4.51. The third kappa shape index (κ3) is 3.34. The Morgan fingerprint density at radius 3 is 2.62 bits per heavy atom. The van der Waals surface area contributed by atoms with Crippen molar-refractivity contribution in [3.05, 3.63) is 58.4 Å². The maximum Gasteiger partial charge on any atom is 0.262 e. The van der Waals surface area contributed by atoms with Gasteiger partial charge in [-0.25, -0.2) is 12.8 Å². The maximum absolute atomic E-state index is 13.4. The van der Waals surface area contributed by atoms with E-state index in [1.807, 2.05) is 0 Å². The number of nitrogens with one attached hydrogen (secondary N) is 1. The Balaban J connectivity index is 2.41. The molecular formula is C14H13ClFNO3S. The van der Waals surface area contributed by atoms with Crippen molar-refractivity contribution in [2.45, 2.75) is 18.4 Å². The van der Waals surface area contributed by atoms with E-state index in [0.717, 1.165) is 6.07 Å². The molecule has 0 aromatic heterocycles. The van der Waals surface area contributed by atoms with Crippen molar-refractivity contribution in [3.63, 3.8) is 0 Å². The molecular weight excluding hydrogens is 317 g/mol. The van der Waals surface area contributed by atoms with Crippen molar-refractivity contribution >= 4 is 27.3 Å². The third-order valence-corrected chi connectivity index (χ3v) is 4.86. The summed E-state index contributed by atoms with van der Waals surface area (Å²) in [6, 6.07) is 8.24. The van der Waals surface area contributed by atoms with E-state index in [0.29, 0.717) is 11.1 Å². The Morgan fingerprint density at radius 1 is 1.29 bits per heavy atom. The van der Waals surface area contributed by atoms with Crippen LogP contribution < -0.4 is 4.72 Å². The Hall–Kier alpha value is -1.63. The topological polar surface area (TPSA) is 66.4 Å². The largest absolute Gasteiger partial charge is 0.392 e. The van der Waals surface area contributed by atoms with Crippen LogP contribution in [0, 0.1) is 12.7 Å². The molecule has 2 N–H and O–H groups in total. The fourth-order valence-electron chi connectivity index (χ4n) is 1.89. The average Bonchev–Trinajstić information content (AvgIpc) is 2.42. The van der Waals surface area contributed by atoms with Gasteiger partial charge in [0, 0.05) is 0 Å². The molecule has 2 rings (SSSR count). The molecule has 2 aromatic carbocycles. The lowest BCUT2D eigenvalue weighted by molar-refractivity contribution is 0.280. The standard InChI is InChI=1S/C14H13ClFNO3S/c1-9-10(8-18)3-2-4-14(9)21(19,20)17-11-5-6-12(15)13(16)7-11/h2-7,17-18H,8H2,1H3. The molecule has 112 valence electrons. The minimum Gasteiger partial charge on any atom is -0.392 e. The molecule has 21 heavy (non-hydrogen) atoms. The molecule has 0 amide bonds. The monoisotopic (exact) mass is 329 g/mol. The van der Waals surface area contributed by atoms with Crippen LogP contribution in [0.4, 0.5) is 10.1 Å². The van der Waals surface area contributed by atoms with E-state index >= 15 is 0 Å². The summed E-state index contributed by atoms with van der Waals surface area (Å²) in [6.45, 7) is 1.34. The number of benzene rings is 2. The van der Waals surface area contributed by atoms with E-state index in [2.05, 4.69) is 4.72 Å². The molecule has 2 aromatic rings. The van der Waals surface area contributed by atoms with Gasteiger partial charge in [0.05, 0.1) is 22.2 Å². The van der Waals surface area contributed by atoms with Crippen LogP contribution in [0.1, 0.15) is 11.1 Å². The van der Waals surface area contributed by atoms with Gasteiger partial charge in [0.2, 0.25) is 0 Å². The Bertz CT molecular complexity index is 778. The van der Waals surface area contributed by atoms with Crippen LogP contribution in [0.25, 0.3) is 0 Å². The van der Waals surface area contributed by atoms with Crippen LogP contribution in [-0.2, 0) is 16.6 Å². The zero-order valence-corrected chi connectivity index (χ0v) is 12.7. The van der Waals surface area contributed by atoms with Crippen LogP contribution >= 0.6 is 11.6 Å². The number of hydrogen-bond acceptors (Lipinski definition) is 3. The smallest absolute Gasteiger partial charge is 0.262 e. The molecule has 0 unspecified atom stereocenters. The van der Waals surface area contributed by atoms with E-state index in [4.69, 9.17) is 11.6 Å². The molecule has 0 saturated heterocycles. The SMILES string of the molecule is Cc1c(CO)cccc1S(=O)(=O)Nc1ccc(Cl)c(F)c1. The van der Waals surface area contributed by atoms with Crippen LogP contribution in [-0.4, -0.2) is 13.5 Å². The van der Waals surface area contributed by atoms with Crippen molar-refractivity contribution in [2.75, 3.05) is 4.72 Å². The first-order chi connectivity index (χ1) is 9.85. The van der Waals surface area contributed by atoms with E-state index < -0.39 is 15.8 Å². The molecule has 0 spiro atoms. The molecule has 0 aliphatic rings. The molecule has 0 heterocycles. The summed E-state index contributed by atoms with van der Waals surface area (Å²) in [5.41, 5.74) is 1.03. The highest BCUT2D eigenvalue weighted by atomic mass is 35.5. The van der Waals surface area contributed by atoms with Gasteiger partial charge in [-0.05, 0) is 42.3 Å². The summed E-state index contributed by atoms with van der Waals surface area (Å²) in [6.07, 6.45) is 0. The van der Waals surface area contributed by atoms with Crippen LogP contribution in [0.2, 0.25) is 5.02 Å². The molecule has 0 aliphatic heterocycles. The van der Waals surface area contributed by atoms with Crippen molar-refractivity contribution in [1.29, 1.82) is 0 Å². The van der Waals surface area contributed by atoms with Crippen LogP contribution in [0.5, 0.6) is 0 Å². The second-order valence-corrected chi connectivity index (χ2v) is 6.49. The van der Waals surface area contributed by atoms with Gasteiger partial charge in [-0.3, -0.25) is 4.72 Å². The lowest BCUT2D eigenvalue weighted by Crippen LogP contribution is -2.15. The number of anilines is 1. The zero-order valence-electron chi connectivity index (χ0n) is 11.1. The Labute approximate surface area is 127 Å². The second-order valence-electron chi connectivity index (χ2n) is 4.43. The van der Waals surface area contributed by atoms with Gasteiger partial charge >= 0.3 is 0 Å². The van der Waals surface area contributed by atoms with Crippen molar-refractivity contribution in [3.8, 4) is 0 Å². The Morgan fingerprint density at radius 2 is 2.00 bits per heavy atom. The number of aliphatic hydroxyl groups excluding tert-OH is 1. The number of halogens is 2. The highest BCUT2D eigenvalue weighted by Gasteiger charge is 2.18. The third-order valence-electron chi connectivity index (χ3n) is 3.03. The molecule has 0 aliphatic carbocycles. The van der Waals surface area contributed by atoms with Gasteiger partial charge < -0.3 is 5.11 Å². The molecule has 0 radical (unpaired) electrons. The molecule has 0 atom stereocenters. The number of rotatable bonds is 4. The summed E-state index contributed by atoms with van der Waals surface area (Å²) >= 11 is 5.55. The molecule has 7 heteroatoms. The summed E-state index contributed by atoms with van der Waals surface area (Å²) in [5.74, 6) is -0.710. The minimum atomic E-state index is -3.88. The van der Waals surface area contributed by atoms with Crippen molar-refractivity contribution in [1.82, 2.24) is 0 Å². The number of hydrogen-bond donors (Lipinski definition) is 2. The lowest BCUT2D eigenvalue weighted by Gasteiger charge is -2.12. The van der Waals surface area contributed by atoms with Crippen molar-refractivity contribution in [2.24, 2.45) is 0 Å². The first-order valence-electron chi connectivity index (χ1n) is 6.02. The van der Waals surface area contributed by atoms with E-state index in [-0.39, 0.29) is 22.2 Å². The van der Waals surface area contributed by atoms with Crippen LogP contribution in [0.3, 0.4) is 0 Å². The van der Waals surface area contributed by atoms with Gasteiger partial charge in [0.25, 0.3) is 10.0 Å². The summed E-state index contributed by atoms with van der Waals surface area (Å²) in [5, 5.41) is 9.10. The van der Waals surface area contributed by atoms with Gasteiger partial charge in [0.15, 0.2) is 0 Å². The van der Waals surface area contributed by atoms with E-state index in [1.165, 1.54) is 24.3 Å². The zero-order chi connectivity index (χ0) is 15.6. The fourth-order valence-corrected chi connectivity index (χ4v) is 3.35.